The summed E-state index contributed by atoms with van der Waals surface area (Å²) in [6.45, 7) is 0. The third-order valence-corrected chi connectivity index (χ3v) is 4.77. The highest BCUT2D eigenvalue weighted by Crippen LogP contribution is 2.28. The highest BCUT2D eigenvalue weighted by molar-refractivity contribution is 5.92. The molecule has 0 fully saturated rings. The van der Waals surface area contributed by atoms with E-state index < -0.39 is 0 Å². The highest BCUT2D eigenvalue weighted by Gasteiger charge is 2.17. The summed E-state index contributed by atoms with van der Waals surface area (Å²) >= 11 is 0. The minimum atomic E-state index is 0.769. The van der Waals surface area contributed by atoms with Crippen molar-refractivity contribution in [1.29, 1.82) is 0 Å². The summed E-state index contributed by atoms with van der Waals surface area (Å²) in [6.07, 6.45) is 1.81. The number of benzene rings is 3. The molecule has 5 nitrogen and oxygen atoms in total. The van der Waals surface area contributed by atoms with Gasteiger partial charge in [-0.2, -0.15) is 0 Å². The van der Waals surface area contributed by atoms with Gasteiger partial charge in [-0.25, -0.2) is 9.97 Å². The molecule has 6 rings (SSSR count). The molecule has 0 aliphatic heterocycles. The average Bonchev–Trinajstić information content (AvgIpc) is 3.22. The van der Waals surface area contributed by atoms with Crippen molar-refractivity contribution >= 4 is 38.9 Å². The maximum absolute atomic E-state index is 4.87. The molecule has 0 spiro atoms. The second-order valence-electron chi connectivity index (χ2n) is 6.28. The first-order valence-electron chi connectivity index (χ1n) is 8.49. The van der Waals surface area contributed by atoms with E-state index in [9.17, 15) is 0 Å². The van der Waals surface area contributed by atoms with E-state index >= 15 is 0 Å². The van der Waals surface area contributed by atoms with Crippen LogP contribution >= 0.6 is 0 Å². The lowest BCUT2D eigenvalue weighted by atomic mass is 10.3. The molecule has 26 heavy (non-hydrogen) atoms. The summed E-state index contributed by atoms with van der Waals surface area (Å²) in [5.74, 6) is 1.61. The smallest absolute Gasteiger partial charge is 0.221 e. The maximum Gasteiger partial charge on any atom is 0.221 e. The average molecular weight is 335 g/mol. The van der Waals surface area contributed by atoms with Crippen molar-refractivity contribution in [3.8, 4) is 5.82 Å². The third kappa shape index (κ3) is 1.71. The van der Waals surface area contributed by atoms with Crippen molar-refractivity contribution in [2.75, 3.05) is 0 Å². The van der Waals surface area contributed by atoms with Gasteiger partial charge < -0.3 is 0 Å². The molecule has 122 valence electrons. The van der Waals surface area contributed by atoms with Crippen LogP contribution in [0.15, 0.2) is 79.0 Å². The van der Waals surface area contributed by atoms with Gasteiger partial charge in [0.05, 0.1) is 39.3 Å². The molecule has 3 aromatic carbocycles. The zero-order valence-corrected chi connectivity index (χ0v) is 13.7. The molecule has 5 heteroatoms. The van der Waals surface area contributed by atoms with Crippen molar-refractivity contribution < 1.29 is 0 Å². The van der Waals surface area contributed by atoms with E-state index in [0.717, 1.165) is 44.7 Å². The van der Waals surface area contributed by atoms with Gasteiger partial charge in [0.15, 0.2) is 5.82 Å². The van der Waals surface area contributed by atoms with Crippen molar-refractivity contribution in [3.63, 3.8) is 0 Å². The zero-order chi connectivity index (χ0) is 17.1. The normalized spacial score (nSPS) is 11.8. The van der Waals surface area contributed by atoms with Crippen molar-refractivity contribution in [1.82, 2.24) is 23.9 Å². The largest absolute Gasteiger partial charge is 0.276 e. The first-order valence-corrected chi connectivity index (χ1v) is 8.49. The zero-order valence-electron chi connectivity index (χ0n) is 13.7. The summed E-state index contributed by atoms with van der Waals surface area (Å²) in [5.41, 5.74) is 5.98. The lowest BCUT2D eigenvalue weighted by Gasteiger charge is -2.05. The fraction of sp³-hybridized carbons (Fsp3) is 0. The topological polar surface area (TPSA) is 48.0 Å². The van der Waals surface area contributed by atoms with Gasteiger partial charge in [-0.1, -0.05) is 36.4 Å². The van der Waals surface area contributed by atoms with Crippen LogP contribution in [0.2, 0.25) is 0 Å². The monoisotopic (exact) mass is 335 g/mol. The summed E-state index contributed by atoms with van der Waals surface area (Å²) in [5, 5.41) is 0. The van der Waals surface area contributed by atoms with Crippen LogP contribution in [0.5, 0.6) is 0 Å². The van der Waals surface area contributed by atoms with E-state index in [4.69, 9.17) is 9.97 Å². The van der Waals surface area contributed by atoms with E-state index in [1.54, 1.807) is 0 Å². The second kappa shape index (κ2) is 4.89. The van der Waals surface area contributed by atoms with Crippen LogP contribution in [0.3, 0.4) is 0 Å². The Morgan fingerprint density at radius 1 is 0.577 bits per heavy atom. The van der Waals surface area contributed by atoms with E-state index in [0.29, 0.717) is 0 Å². The lowest BCUT2D eigenvalue weighted by Crippen LogP contribution is -1.99. The Labute approximate surface area is 148 Å². The van der Waals surface area contributed by atoms with Crippen LogP contribution in [-0.2, 0) is 0 Å². The van der Waals surface area contributed by atoms with E-state index in [1.165, 1.54) is 0 Å². The Hall–Kier alpha value is -3.73. The van der Waals surface area contributed by atoms with Crippen LogP contribution in [0, 0.1) is 0 Å². The fourth-order valence-corrected chi connectivity index (χ4v) is 3.63. The highest BCUT2D eigenvalue weighted by atomic mass is 15.2. The number of hydrogen-bond acceptors (Lipinski definition) is 3. The first kappa shape index (κ1) is 13.5. The molecular weight excluding hydrogens is 322 g/mol. The molecule has 3 heterocycles. The van der Waals surface area contributed by atoms with Gasteiger partial charge >= 0.3 is 0 Å². The number of rotatable bonds is 1. The van der Waals surface area contributed by atoms with E-state index in [1.807, 2.05) is 60.8 Å². The van der Waals surface area contributed by atoms with Crippen LogP contribution < -0.4 is 0 Å². The molecule has 0 saturated heterocycles. The molecule has 0 saturated carbocycles. The molecule has 0 atom stereocenters. The molecule has 0 bridgehead atoms. The summed E-state index contributed by atoms with van der Waals surface area (Å²) < 4.78 is 4.26. The van der Waals surface area contributed by atoms with E-state index in [-0.39, 0.29) is 0 Å². The van der Waals surface area contributed by atoms with Crippen LogP contribution in [0.1, 0.15) is 0 Å². The molecule has 0 aliphatic rings. The molecule has 0 N–H and O–H groups in total. The SMILES string of the molecule is c1ccc2nc(-n3c4ccccc4n4c5ccccc5nc34)cnc2c1. The van der Waals surface area contributed by atoms with Crippen LogP contribution in [0.4, 0.5) is 0 Å². The van der Waals surface area contributed by atoms with Gasteiger partial charge in [-0.15, -0.1) is 0 Å². The molecule has 0 aliphatic carbocycles. The van der Waals surface area contributed by atoms with Crippen molar-refractivity contribution in [3.05, 3.63) is 79.0 Å². The number of imidazole rings is 2. The van der Waals surface area contributed by atoms with Crippen molar-refractivity contribution in [2.45, 2.75) is 0 Å². The number of aromatic nitrogens is 5. The standard InChI is InChI=1S/C21H13N5/c1-2-8-15-14(7-1)22-13-20(23-15)26-19-12-6-5-11-18(19)25-17-10-4-3-9-16(17)24-21(25)26/h1-13H. The van der Waals surface area contributed by atoms with Crippen molar-refractivity contribution in [2.24, 2.45) is 0 Å². The molecular formula is C21H13N5. The Balaban J connectivity index is 1.80. The van der Waals surface area contributed by atoms with Gasteiger partial charge in [0.25, 0.3) is 0 Å². The summed E-state index contributed by atoms with van der Waals surface area (Å²) in [6, 6.07) is 24.4. The van der Waals surface area contributed by atoms with Gasteiger partial charge in [0.1, 0.15) is 0 Å². The summed E-state index contributed by atoms with van der Waals surface area (Å²) in [7, 11) is 0. The Kier molecular flexibility index (Phi) is 2.55. The minimum absolute atomic E-state index is 0.769. The lowest BCUT2D eigenvalue weighted by molar-refractivity contribution is 1.04. The molecule has 0 unspecified atom stereocenters. The number of hydrogen-bond donors (Lipinski definition) is 0. The third-order valence-electron chi connectivity index (χ3n) is 4.77. The molecule has 0 amide bonds. The minimum Gasteiger partial charge on any atom is -0.276 e. The maximum atomic E-state index is 4.87. The van der Waals surface area contributed by atoms with Gasteiger partial charge in [0, 0.05) is 0 Å². The predicted molar refractivity (Wildman–Crippen MR) is 103 cm³/mol. The fourth-order valence-electron chi connectivity index (χ4n) is 3.63. The molecule has 6 aromatic rings. The van der Waals surface area contributed by atoms with Crippen LogP contribution in [-0.4, -0.2) is 23.9 Å². The number of nitrogens with zero attached hydrogens (tertiary/aromatic N) is 5. The van der Waals surface area contributed by atoms with Gasteiger partial charge in [-0.3, -0.25) is 14.0 Å². The first-order chi connectivity index (χ1) is 12.9. The quantitative estimate of drug-likeness (QED) is 0.448. The van der Waals surface area contributed by atoms with Crippen LogP contribution in [0.25, 0.3) is 44.7 Å². The van der Waals surface area contributed by atoms with Gasteiger partial charge in [-0.05, 0) is 36.4 Å². The van der Waals surface area contributed by atoms with E-state index in [2.05, 4.69) is 32.2 Å². The summed E-state index contributed by atoms with van der Waals surface area (Å²) in [4.78, 5) is 14.3. The molecule has 0 radical (unpaired) electrons. The Morgan fingerprint density at radius 2 is 1.23 bits per heavy atom. The van der Waals surface area contributed by atoms with Gasteiger partial charge in [0.2, 0.25) is 5.78 Å². The Morgan fingerprint density at radius 3 is 2.08 bits per heavy atom. The number of fused-ring (bicyclic) bond motifs is 6. The second-order valence-corrected chi connectivity index (χ2v) is 6.28. The number of para-hydroxylation sites is 6. The Bertz CT molecular complexity index is 1440. The molecule has 3 aromatic heterocycles. The predicted octanol–water partition coefficient (Wildman–Crippen LogP) is 4.37.